The summed E-state index contributed by atoms with van der Waals surface area (Å²) in [5.74, 6) is -1.20. The number of aliphatic hydroxyl groups excluding tert-OH is 1. The molecule has 12 heteroatoms. The van der Waals surface area contributed by atoms with Crippen LogP contribution in [0.1, 0.15) is 12.6 Å². The highest BCUT2D eigenvalue weighted by atomic mass is 31.2. The zero-order chi connectivity index (χ0) is 15.8. The molecule has 0 radical (unpaired) electrons. The maximum atomic E-state index is 13.2. The summed E-state index contributed by atoms with van der Waals surface area (Å²) in [6.07, 6.45) is -2.68. The number of hydrogen-bond donors (Lipinski definition) is 4. The van der Waals surface area contributed by atoms with Crippen molar-refractivity contribution >= 4 is 7.75 Å². The Morgan fingerprint density at radius 1 is 1.62 bits per heavy atom. The van der Waals surface area contributed by atoms with Crippen molar-refractivity contribution in [1.82, 2.24) is 9.55 Å². The molecule has 2 heterocycles. The highest BCUT2D eigenvalue weighted by Gasteiger charge is 2.40. The molecule has 1 aliphatic rings. The molecule has 0 saturated carbocycles. The first kappa shape index (κ1) is 16.0. The van der Waals surface area contributed by atoms with Gasteiger partial charge in [0.1, 0.15) is 18.4 Å². The van der Waals surface area contributed by atoms with Crippen LogP contribution in [0.25, 0.3) is 0 Å². The van der Waals surface area contributed by atoms with Crippen molar-refractivity contribution in [2.24, 2.45) is 5.50 Å². The van der Waals surface area contributed by atoms with Gasteiger partial charge in [-0.2, -0.15) is 4.39 Å². The highest BCUT2D eigenvalue weighted by molar-refractivity contribution is 7.50. The van der Waals surface area contributed by atoms with Gasteiger partial charge in [0.2, 0.25) is 5.82 Å². The van der Waals surface area contributed by atoms with Crippen LogP contribution in [0, 0.1) is 5.82 Å². The van der Waals surface area contributed by atoms with Crippen LogP contribution >= 0.6 is 7.75 Å². The van der Waals surface area contributed by atoms with Crippen LogP contribution in [0.15, 0.2) is 15.8 Å². The summed E-state index contributed by atoms with van der Waals surface area (Å²) in [4.78, 5) is 33.3. The molecule has 2 rings (SSSR count). The second kappa shape index (κ2) is 5.79. The minimum atomic E-state index is -4.32. The number of halogens is 1. The van der Waals surface area contributed by atoms with Crippen molar-refractivity contribution in [2.75, 3.05) is 6.61 Å². The first-order valence-corrected chi connectivity index (χ1v) is 7.43. The molecule has 4 atom stereocenters. The minimum absolute atomic E-state index is 0.141. The van der Waals surface area contributed by atoms with Crippen molar-refractivity contribution in [1.29, 1.82) is 0 Å². The molecule has 10 nitrogen and oxygen atoms in total. The molecular weight excluding hydrogens is 312 g/mol. The maximum absolute atomic E-state index is 13.2. The first-order valence-electron chi connectivity index (χ1n) is 5.78. The third-order valence-corrected chi connectivity index (χ3v) is 3.45. The minimum Gasteiger partial charge on any atom is -0.394 e. The van der Waals surface area contributed by atoms with Gasteiger partial charge in [0.15, 0.2) is 0 Å². The summed E-state index contributed by atoms with van der Waals surface area (Å²) in [5, 5.41) is 9.13. The normalized spacial score (nSPS) is 28.5. The lowest BCUT2D eigenvalue weighted by Crippen LogP contribution is -2.34. The molecule has 0 spiro atoms. The summed E-state index contributed by atoms with van der Waals surface area (Å²) in [5.41, 5.74) is 2.76. The van der Waals surface area contributed by atoms with E-state index in [2.05, 4.69) is 4.52 Å². The van der Waals surface area contributed by atoms with Gasteiger partial charge in [0.25, 0.3) is 5.56 Å². The van der Waals surface area contributed by atoms with Crippen molar-refractivity contribution in [2.45, 2.75) is 24.9 Å². The molecule has 1 saturated heterocycles. The molecule has 118 valence electrons. The average Bonchev–Trinajstić information content (AvgIpc) is 2.74. The summed E-state index contributed by atoms with van der Waals surface area (Å²) in [7, 11) is -4.32. The fourth-order valence-corrected chi connectivity index (χ4v) is 2.62. The zero-order valence-corrected chi connectivity index (χ0v) is 11.4. The van der Waals surface area contributed by atoms with Crippen LogP contribution in [0.5, 0.6) is 0 Å². The molecule has 0 amide bonds. The number of aromatic nitrogens is 2. The molecule has 1 aromatic heterocycles. The summed E-state index contributed by atoms with van der Waals surface area (Å²) in [6, 6.07) is 0. The van der Waals surface area contributed by atoms with E-state index in [1.807, 2.05) is 0 Å². The summed E-state index contributed by atoms with van der Waals surface area (Å²) >= 11 is 0. The first-order chi connectivity index (χ1) is 9.71. The van der Waals surface area contributed by atoms with Crippen LogP contribution in [0.4, 0.5) is 4.39 Å². The van der Waals surface area contributed by atoms with Gasteiger partial charge in [-0.1, -0.05) is 0 Å². The van der Waals surface area contributed by atoms with E-state index >= 15 is 0 Å². The van der Waals surface area contributed by atoms with E-state index < -0.39 is 49.9 Å². The Morgan fingerprint density at radius 3 is 2.86 bits per heavy atom. The van der Waals surface area contributed by atoms with E-state index in [0.29, 0.717) is 6.20 Å². The number of aliphatic hydroxyl groups is 1. The molecule has 0 aliphatic carbocycles. The van der Waals surface area contributed by atoms with Crippen LogP contribution in [-0.4, -0.2) is 38.4 Å². The fraction of sp³-hybridized carbons (Fsp3) is 0.556. The van der Waals surface area contributed by atoms with Gasteiger partial charge in [0.05, 0.1) is 12.8 Å². The average molecular weight is 325 g/mol. The second-order valence-electron chi connectivity index (χ2n) is 4.40. The number of aromatic amines is 1. The van der Waals surface area contributed by atoms with Crippen molar-refractivity contribution in [3.63, 3.8) is 0 Å². The number of nitrogens with two attached hydrogens (primary N) is 1. The molecule has 1 aliphatic heterocycles. The van der Waals surface area contributed by atoms with Gasteiger partial charge in [-0.3, -0.25) is 18.9 Å². The van der Waals surface area contributed by atoms with Crippen LogP contribution < -0.4 is 16.8 Å². The van der Waals surface area contributed by atoms with Crippen LogP contribution in [0.3, 0.4) is 0 Å². The number of hydrogen-bond acceptors (Lipinski definition) is 6. The third-order valence-electron chi connectivity index (χ3n) is 2.88. The SMILES string of the molecule is NP(=O)(O)O[C@H]1C[C@H](n2cc(F)c(=O)[nH]c2=O)O[C@@H]1CO. The van der Waals surface area contributed by atoms with Gasteiger partial charge in [-0.05, 0) is 0 Å². The van der Waals surface area contributed by atoms with E-state index in [9.17, 15) is 18.5 Å². The Hall–Kier alpha value is -1.36. The smallest absolute Gasteiger partial charge is 0.394 e. The fourth-order valence-electron chi connectivity index (χ4n) is 2.01. The number of rotatable bonds is 4. The van der Waals surface area contributed by atoms with Gasteiger partial charge in [-0.15, -0.1) is 0 Å². The topological polar surface area (TPSA) is 157 Å². The van der Waals surface area contributed by atoms with Crippen molar-refractivity contribution < 1.29 is 28.2 Å². The molecule has 1 aromatic rings. The van der Waals surface area contributed by atoms with Crippen LogP contribution in [-0.2, 0) is 13.8 Å². The lowest BCUT2D eigenvalue weighted by Gasteiger charge is -2.17. The quantitative estimate of drug-likeness (QED) is 0.482. The van der Waals surface area contributed by atoms with Crippen molar-refractivity contribution in [3.05, 3.63) is 32.9 Å². The number of H-pyrrole nitrogens is 1. The standard InChI is InChI=1S/C9H13FN3O7P/c10-4-2-13(9(16)12-8(4)15)7-1-5(6(3-14)19-7)20-21(11,17)18/h2,5-7,14H,1,3H2,(H3,11,17,18)(H,12,15,16)/t5-,6+,7+/m0/s1. The van der Waals surface area contributed by atoms with E-state index in [1.54, 1.807) is 4.98 Å². The Morgan fingerprint density at radius 2 is 2.29 bits per heavy atom. The van der Waals surface area contributed by atoms with E-state index in [4.69, 9.17) is 20.2 Å². The predicted molar refractivity (Wildman–Crippen MR) is 65.8 cm³/mol. The lowest BCUT2D eigenvalue weighted by molar-refractivity contribution is -0.0435. The van der Waals surface area contributed by atoms with Gasteiger partial charge in [-0.25, -0.2) is 14.9 Å². The predicted octanol–water partition coefficient (Wildman–Crippen LogP) is -1.60. The molecule has 0 bridgehead atoms. The molecular formula is C9H13FN3O7P. The largest absolute Gasteiger partial charge is 0.400 e. The molecule has 5 N–H and O–H groups in total. The van der Waals surface area contributed by atoms with E-state index in [1.165, 1.54) is 0 Å². The number of nitrogens with zero attached hydrogens (tertiary/aromatic N) is 1. The number of ether oxygens (including phenoxy) is 1. The Bertz CT molecular complexity index is 683. The van der Waals surface area contributed by atoms with Crippen molar-refractivity contribution in [3.8, 4) is 0 Å². The molecule has 1 fully saturated rings. The maximum Gasteiger partial charge on any atom is 0.400 e. The zero-order valence-electron chi connectivity index (χ0n) is 10.5. The van der Waals surface area contributed by atoms with Gasteiger partial charge in [0, 0.05) is 6.42 Å². The Balaban J connectivity index is 2.27. The Labute approximate surface area is 116 Å². The van der Waals surface area contributed by atoms with E-state index in [-0.39, 0.29) is 6.42 Å². The molecule has 1 unspecified atom stereocenters. The van der Waals surface area contributed by atoms with Gasteiger partial charge >= 0.3 is 13.4 Å². The highest BCUT2D eigenvalue weighted by Crippen LogP contribution is 2.40. The number of nitrogens with one attached hydrogen (secondary N) is 1. The Kier molecular flexibility index (Phi) is 4.42. The van der Waals surface area contributed by atoms with E-state index in [0.717, 1.165) is 4.57 Å². The monoisotopic (exact) mass is 325 g/mol. The third kappa shape index (κ3) is 3.64. The second-order valence-corrected chi connectivity index (χ2v) is 5.74. The van der Waals surface area contributed by atoms with Crippen LogP contribution in [0.2, 0.25) is 0 Å². The molecule has 0 aromatic carbocycles. The lowest BCUT2D eigenvalue weighted by atomic mass is 10.2. The summed E-state index contributed by atoms with van der Waals surface area (Å²) in [6.45, 7) is -0.568. The molecule has 21 heavy (non-hydrogen) atoms. The van der Waals surface area contributed by atoms with Gasteiger partial charge < -0.3 is 14.7 Å². The summed E-state index contributed by atoms with van der Waals surface area (Å²) < 4.78 is 34.9.